The van der Waals surface area contributed by atoms with Crippen molar-refractivity contribution in [2.24, 2.45) is 0 Å². The Balaban J connectivity index is 2.05. The summed E-state index contributed by atoms with van der Waals surface area (Å²) in [4.78, 5) is 42.2. The number of carbonyl (C=O) groups is 2. The molecule has 0 unspecified atom stereocenters. The molecule has 0 saturated carbocycles. The number of nitrogens with one attached hydrogen (secondary N) is 1. The van der Waals surface area contributed by atoms with Gasteiger partial charge in [-0.05, 0) is 19.9 Å². The Morgan fingerprint density at radius 1 is 1.27 bits per heavy atom. The van der Waals surface area contributed by atoms with E-state index in [1.807, 2.05) is 0 Å². The number of rotatable bonds is 6. The van der Waals surface area contributed by atoms with Gasteiger partial charge in [0.1, 0.15) is 5.75 Å². The molecule has 26 heavy (non-hydrogen) atoms. The zero-order chi connectivity index (χ0) is 19.3. The van der Waals surface area contributed by atoms with Crippen molar-refractivity contribution in [2.75, 3.05) is 12.4 Å². The fraction of sp³-hybridized carbons (Fsp3) is 0.250. The maximum Gasteiger partial charge on any atom is 0.359 e. The molecule has 1 heterocycles. The summed E-state index contributed by atoms with van der Waals surface area (Å²) in [5.41, 5.74) is 0.638. The van der Waals surface area contributed by atoms with Gasteiger partial charge in [-0.15, -0.1) is 0 Å². The average Bonchev–Trinajstić information content (AvgIpc) is 2.62. The molecular formula is C16H16N4O6. The van der Waals surface area contributed by atoms with Crippen molar-refractivity contribution in [2.45, 2.75) is 20.0 Å². The maximum atomic E-state index is 12.2. The Bertz CT molecular complexity index is 837. The number of ether oxygens (including phenoxy) is 2. The van der Waals surface area contributed by atoms with Gasteiger partial charge in [-0.1, -0.05) is 0 Å². The molecule has 136 valence electrons. The number of aryl methyl sites for hydroxylation is 1. The number of amides is 1. The molecule has 0 aliphatic carbocycles. The van der Waals surface area contributed by atoms with E-state index >= 15 is 0 Å². The lowest BCUT2D eigenvalue weighted by atomic mass is 10.2. The van der Waals surface area contributed by atoms with Gasteiger partial charge in [0.2, 0.25) is 0 Å². The summed E-state index contributed by atoms with van der Waals surface area (Å²) in [6, 6.07) is 3.72. The van der Waals surface area contributed by atoms with Crippen molar-refractivity contribution in [3.05, 3.63) is 52.1 Å². The van der Waals surface area contributed by atoms with E-state index in [0.717, 1.165) is 0 Å². The van der Waals surface area contributed by atoms with Crippen LogP contribution in [-0.4, -0.2) is 40.0 Å². The highest BCUT2D eigenvalue weighted by Crippen LogP contribution is 2.29. The standard InChI is InChI=1S/C16H16N4O6/c1-9-7-18-13(8-17-9)16(22)26-10(2)15(21)19-12-5-4-11(20(23)24)6-14(12)25-3/h4-8,10H,1-3H3,(H,19,21)/t10-/m0/s1. The molecule has 1 aromatic carbocycles. The first-order valence-electron chi connectivity index (χ1n) is 7.44. The van der Waals surface area contributed by atoms with Gasteiger partial charge in [0.25, 0.3) is 11.6 Å². The minimum Gasteiger partial charge on any atom is -0.494 e. The normalized spacial score (nSPS) is 11.3. The second kappa shape index (κ2) is 8.01. The molecule has 0 saturated heterocycles. The van der Waals surface area contributed by atoms with Gasteiger partial charge in [0.05, 0.1) is 35.7 Å². The van der Waals surface area contributed by atoms with E-state index in [2.05, 4.69) is 15.3 Å². The molecule has 0 aliphatic heterocycles. The van der Waals surface area contributed by atoms with Crippen LogP contribution >= 0.6 is 0 Å². The molecule has 10 nitrogen and oxygen atoms in total. The number of aromatic nitrogens is 2. The third-order valence-electron chi connectivity index (χ3n) is 3.30. The van der Waals surface area contributed by atoms with Crippen LogP contribution in [0.4, 0.5) is 11.4 Å². The summed E-state index contributed by atoms with van der Waals surface area (Å²) in [6.07, 6.45) is 1.52. The lowest BCUT2D eigenvalue weighted by Crippen LogP contribution is -2.30. The number of nitro groups is 1. The van der Waals surface area contributed by atoms with Crippen LogP contribution in [0, 0.1) is 17.0 Å². The monoisotopic (exact) mass is 360 g/mol. The molecule has 1 atom stereocenters. The Morgan fingerprint density at radius 2 is 2.00 bits per heavy atom. The summed E-state index contributed by atoms with van der Waals surface area (Å²) in [5, 5.41) is 13.3. The highest BCUT2D eigenvalue weighted by atomic mass is 16.6. The molecule has 1 N–H and O–H groups in total. The number of hydrogen-bond acceptors (Lipinski definition) is 8. The molecule has 0 spiro atoms. The molecule has 0 radical (unpaired) electrons. The van der Waals surface area contributed by atoms with Crippen LogP contribution in [0.15, 0.2) is 30.6 Å². The van der Waals surface area contributed by atoms with Gasteiger partial charge in [0, 0.05) is 12.3 Å². The predicted molar refractivity (Wildman–Crippen MR) is 89.9 cm³/mol. The van der Waals surface area contributed by atoms with Crippen LogP contribution in [0.5, 0.6) is 5.75 Å². The largest absolute Gasteiger partial charge is 0.494 e. The van der Waals surface area contributed by atoms with Crippen molar-refractivity contribution >= 4 is 23.3 Å². The van der Waals surface area contributed by atoms with Crippen molar-refractivity contribution in [3.63, 3.8) is 0 Å². The number of carbonyl (C=O) groups excluding carboxylic acids is 2. The molecular weight excluding hydrogens is 344 g/mol. The number of methoxy groups -OCH3 is 1. The quantitative estimate of drug-likeness (QED) is 0.469. The summed E-state index contributed by atoms with van der Waals surface area (Å²) in [6.45, 7) is 3.10. The third kappa shape index (κ3) is 4.50. The zero-order valence-electron chi connectivity index (χ0n) is 14.3. The number of non-ortho nitro benzene ring substituents is 1. The second-order valence-corrected chi connectivity index (χ2v) is 5.22. The van der Waals surface area contributed by atoms with Crippen LogP contribution in [0.2, 0.25) is 0 Å². The number of hydrogen-bond donors (Lipinski definition) is 1. The minimum atomic E-state index is -1.13. The molecule has 0 fully saturated rings. The zero-order valence-corrected chi connectivity index (χ0v) is 14.3. The molecule has 1 amide bonds. The first-order chi connectivity index (χ1) is 12.3. The Kier molecular flexibility index (Phi) is 5.78. The van der Waals surface area contributed by atoms with Crippen LogP contribution in [-0.2, 0) is 9.53 Å². The van der Waals surface area contributed by atoms with Gasteiger partial charge in [-0.25, -0.2) is 9.78 Å². The van der Waals surface area contributed by atoms with Crippen LogP contribution in [0.1, 0.15) is 23.1 Å². The third-order valence-corrected chi connectivity index (χ3v) is 3.30. The Hall–Kier alpha value is -3.56. The Morgan fingerprint density at radius 3 is 2.58 bits per heavy atom. The molecule has 0 aliphatic rings. The second-order valence-electron chi connectivity index (χ2n) is 5.22. The van der Waals surface area contributed by atoms with Crippen molar-refractivity contribution < 1.29 is 24.0 Å². The first kappa shape index (κ1) is 18.8. The SMILES string of the molecule is COc1cc([N+](=O)[O-])ccc1NC(=O)[C@H](C)OC(=O)c1cnc(C)cn1. The smallest absolute Gasteiger partial charge is 0.359 e. The summed E-state index contributed by atoms with van der Waals surface area (Å²) >= 11 is 0. The van der Waals surface area contributed by atoms with Crippen molar-refractivity contribution in [3.8, 4) is 5.75 Å². The van der Waals surface area contributed by atoms with E-state index in [9.17, 15) is 19.7 Å². The van der Waals surface area contributed by atoms with Gasteiger partial charge in [0.15, 0.2) is 11.8 Å². The molecule has 2 rings (SSSR count). The average molecular weight is 360 g/mol. The topological polar surface area (TPSA) is 134 Å². The van der Waals surface area contributed by atoms with Crippen molar-refractivity contribution in [1.82, 2.24) is 9.97 Å². The lowest BCUT2D eigenvalue weighted by molar-refractivity contribution is -0.384. The minimum absolute atomic E-state index is 0.0248. The van der Waals surface area contributed by atoms with E-state index in [1.165, 1.54) is 44.6 Å². The highest BCUT2D eigenvalue weighted by Gasteiger charge is 2.22. The fourth-order valence-electron chi connectivity index (χ4n) is 1.90. The fourth-order valence-corrected chi connectivity index (χ4v) is 1.90. The van der Waals surface area contributed by atoms with Crippen LogP contribution in [0.3, 0.4) is 0 Å². The van der Waals surface area contributed by atoms with Crippen LogP contribution in [0.25, 0.3) is 0 Å². The molecule has 0 bridgehead atoms. The van der Waals surface area contributed by atoms with Gasteiger partial charge in [-0.2, -0.15) is 0 Å². The lowest BCUT2D eigenvalue weighted by Gasteiger charge is -2.14. The van der Waals surface area contributed by atoms with E-state index in [0.29, 0.717) is 5.69 Å². The predicted octanol–water partition coefficient (Wildman–Crippen LogP) is 1.89. The number of benzene rings is 1. The summed E-state index contributed by atoms with van der Waals surface area (Å²) in [7, 11) is 1.31. The Labute approximate surface area is 148 Å². The van der Waals surface area contributed by atoms with E-state index in [4.69, 9.17) is 9.47 Å². The number of nitro benzene ring substituents is 1. The summed E-state index contributed by atoms with van der Waals surface area (Å²) < 4.78 is 10.1. The van der Waals surface area contributed by atoms with E-state index in [1.54, 1.807) is 6.92 Å². The molecule has 10 heteroatoms. The van der Waals surface area contributed by atoms with Gasteiger partial charge >= 0.3 is 5.97 Å². The molecule has 2 aromatic rings. The number of anilines is 1. The molecule has 1 aromatic heterocycles. The van der Waals surface area contributed by atoms with Crippen molar-refractivity contribution in [1.29, 1.82) is 0 Å². The number of esters is 1. The number of nitrogens with zero attached hydrogens (tertiary/aromatic N) is 3. The summed E-state index contributed by atoms with van der Waals surface area (Å²) in [5.74, 6) is -1.32. The van der Waals surface area contributed by atoms with Crippen LogP contribution < -0.4 is 10.1 Å². The first-order valence-corrected chi connectivity index (χ1v) is 7.44. The maximum absolute atomic E-state index is 12.2. The van der Waals surface area contributed by atoms with E-state index in [-0.39, 0.29) is 22.8 Å². The highest BCUT2D eigenvalue weighted by molar-refractivity contribution is 5.97. The van der Waals surface area contributed by atoms with E-state index < -0.39 is 22.9 Å². The van der Waals surface area contributed by atoms with Gasteiger partial charge in [-0.3, -0.25) is 19.9 Å². The van der Waals surface area contributed by atoms with Gasteiger partial charge < -0.3 is 14.8 Å².